The zero-order valence-electron chi connectivity index (χ0n) is 15.2. The number of hydrogen-bond acceptors (Lipinski definition) is 4. The number of nitrogens with one attached hydrogen (secondary N) is 1. The normalized spacial score (nSPS) is 14.0. The first kappa shape index (κ1) is 18.3. The molecule has 7 heteroatoms. The van der Waals surface area contributed by atoms with E-state index in [4.69, 9.17) is 0 Å². The number of benzene rings is 3. The molecule has 28 heavy (non-hydrogen) atoms. The minimum absolute atomic E-state index is 0.0339. The van der Waals surface area contributed by atoms with E-state index < -0.39 is 21.8 Å². The van der Waals surface area contributed by atoms with Crippen molar-refractivity contribution in [1.82, 2.24) is 9.62 Å². The maximum Gasteiger partial charge on any atom is 0.261 e. The van der Waals surface area contributed by atoms with Crippen molar-refractivity contribution in [3.05, 3.63) is 77.4 Å². The molecule has 1 N–H and O–H groups in total. The van der Waals surface area contributed by atoms with Gasteiger partial charge < -0.3 is 0 Å². The zero-order valence-corrected chi connectivity index (χ0v) is 16.0. The maximum absolute atomic E-state index is 12.6. The topological polar surface area (TPSA) is 83.6 Å². The van der Waals surface area contributed by atoms with E-state index >= 15 is 0 Å². The summed E-state index contributed by atoms with van der Waals surface area (Å²) in [5.41, 5.74) is 1.66. The lowest BCUT2D eigenvalue weighted by atomic mass is 10.0. The molecule has 142 valence electrons. The second-order valence-corrected chi connectivity index (χ2v) is 8.48. The molecule has 1 aliphatic rings. The lowest BCUT2D eigenvalue weighted by molar-refractivity contribution is 0.0657. The molecule has 0 saturated heterocycles. The summed E-state index contributed by atoms with van der Waals surface area (Å²) >= 11 is 0. The molecule has 0 radical (unpaired) electrons. The molecule has 4 rings (SSSR count). The van der Waals surface area contributed by atoms with Gasteiger partial charge in [-0.05, 0) is 42.0 Å². The van der Waals surface area contributed by atoms with E-state index in [1.807, 2.05) is 31.2 Å². The first-order valence-electron chi connectivity index (χ1n) is 8.82. The van der Waals surface area contributed by atoms with Crippen LogP contribution in [0.2, 0.25) is 0 Å². The van der Waals surface area contributed by atoms with Gasteiger partial charge in [0.25, 0.3) is 11.8 Å². The van der Waals surface area contributed by atoms with Crippen LogP contribution in [0.4, 0.5) is 0 Å². The van der Waals surface area contributed by atoms with Gasteiger partial charge in [-0.15, -0.1) is 0 Å². The summed E-state index contributed by atoms with van der Waals surface area (Å²) in [6.07, 6.45) is 0. The third-order valence-electron chi connectivity index (χ3n) is 4.80. The molecule has 0 aliphatic carbocycles. The highest BCUT2D eigenvalue weighted by Crippen LogP contribution is 2.27. The minimum Gasteiger partial charge on any atom is -0.273 e. The molecule has 0 aromatic heterocycles. The van der Waals surface area contributed by atoms with Crippen LogP contribution in [0.15, 0.2) is 65.6 Å². The Morgan fingerprint density at radius 3 is 1.93 bits per heavy atom. The molecule has 2 amide bonds. The van der Waals surface area contributed by atoms with Crippen LogP contribution in [0.25, 0.3) is 10.8 Å². The van der Waals surface area contributed by atoms with Crippen LogP contribution in [-0.2, 0) is 10.0 Å². The standard InChI is InChI=1S/C21H18N2O4S/c1-14-6-8-17(9-7-14)28(26,27)22-10-11-23-20(24)18-12-15-4-2-3-5-16(15)13-19(18)21(23)25/h2-9,12-13,22H,10-11H2,1H3. The van der Waals surface area contributed by atoms with E-state index in [1.54, 1.807) is 24.3 Å². The summed E-state index contributed by atoms with van der Waals surface area (Å²) in [6, 6.07) is 17.4. The molecule has 0 spiro atoms. The molecular weight excluding hydrogens is 376 g/mol. The average Bonchev–Trinajstić information content (AvgIpc) is 2.91. The van der Waals surface area contributed by atoms with Gasteiger partial charge in [-0.1, -0.05) is 42.0 Å². The van der Waals surface area contributed by atoms with Crippen molar-refractivity contribution in [3.8, 4) is 0 Å². The van der Waals surface area contributed by atoms with Crippen LogP contribution in [0, 0.1) is 6.92 Å². The first-order chi connectivity index (χ1) is 13.4. The van der Waals surface area contributed by atoms with E-state index in [9.17, 15) is 18.0 Å². The highest BCUT2D eigenvalue weighted by Gasteiger charge is 2.35. The van der Waals surface area contributed by atoms with Crippen molar-refractivity contribution in [2.75, 3.05) is 13.1 Å². The maximum atomic E-state index is 12.6. The lowest BCUT2D eigenvalue weighted by Crippen LogP contribution is -2.38. The fourth-order valence-electron chi connectivity index (χ4n) is 3.27. The number of sulfonamides is 1. The Kier molecular flexibility index (Phi) is 4.49. The molecule has 0 unspecified atom stereocenters. The largest absolute Gasteiger partial charge is 0.273 e. The van der Waals surface area contributed by atoms with Crippen LogP contribution in [0.1, 0.15) is 26.3 Å². The molecule has 3 aromatic rings. The highest BCUT2D eigenvalue weighted by atomic mass is 32.2. The third-order valence-corrected chi connectivity index (χ3v) is 6.27. The van der Waals surface area contributed by atoms with E-state index in [1.165, 1.54) is 12.1 Å². The van der Waals surface area contributed by atoms with Gasteiger partial charge in [0, 0.05) is 13.1 Å². The summed E-state index contributed by atoms with van der Waals surface area (Å²) < 4.78 is 27.2. The second-order valence-electron chi connectivity index (χ2n) is 6.72. The van der Waals surface area contributed by atoms with Crippen molar-refractivity contribution >= 4 is 32.6 Å². The summed E-state index contributed by atoms with van der Waals surface area (Å²) in [7, 11) is -3.70. The van der Waals surface area contributed by atoms with Crippen LogP contribution in [0.5, 0.6) is 0 Å². The van der Waals surface area contributed by atoms with Crippen molar-refractivity contribution in [2.45, 2.75) is 11.8 Å². The molecule has 0 atom stereocenters. The summed E-state index contributed by atoms with van der Waals surface area (Å²) in [4.78, 5) is 26.5. The molecule has 3 aromatic carbocycles. The predicted octanol–water partition coefficient (Wildman–Crippen LogP) is 2.72. The van der Waals surface area contributed by atoms with Crippen molar-refractivity contribution in [3.63, 3.8) is 0 Å². The fourth-order valence-corrected chi connectivity index (χ4v) is 4.29. The Morgan fingerprint density at radius 1 is 0.857 bits per heavy atom. The van der Waals surface area contributed by atoms with Crippen molar-refractivity contribution in [2.24, 2.45) is 0 Å². The van der Waals surface area contributed by atoms with Gasteiger partial charge in [0.05, 0.1) is 16.0 Å². The van der Waals surface area contributed by atoms with Gasteiger partial charge in [-0.25, -0.2) is 13.1 Å². The fraction of sp³-hybridized carbons (Fsp3) is 0.143. The zero-order chi connectivity index (χ0) is 19.9. The number of carbonyl (C=O) groups excluding carboxylic acids is 2. The number of carbonyl (C=O) groups is 2. The Balaban J connectivity index is 1.50. The quantitative estimate of drug-likeness (QED) is 0.675. The van der Waals surface area contributed by atoms with E-state index in [-0.39, 0.29) is 18.0 Å². The average molecular weight is 394 g/mol. The molecular formula is C21H18N2O4S. The smallest absolute Gasteiger partial charge is 0.261 e. The first-order valence-corrected chi connectivity index (χ1v) is 10.3. The van der Waals surface area contributed by atoms with E-state index in [0.29, 0.717) is 11.1 Å². The number of amides is 2. The molecule has 0 fully saturated rings. The van der Waals surface area contributed by atoms with Crippen LogP contribution in [0.3, 0.4) is 0 Å². The van der Waals surface area contributed by atoms with Crippen LogP contribution in [-0.4, -0.2) is 38.2 Å². The van der Waals surface area contributed by atoms with Crippen LogP contribution < -0.4 is 4.72 Å². The van der Waals surface area contributed by atoms with Gasteiger partial charge in [0.1, 0.15) is 0 Å². The molecule has 1 aliphatic heterocycles. The van der Waals surface area contributed by atoms with E-state index in [2.05, 4.69) is 4.72 Å². The predicted molar refractivity (Wildman–Crippen MR) is 106 cm³/mol. The summed E-state index contributed by atoms with van der Waals surface area (Å²) in [5, 5.41) is 1.76. The monoisotopic (exact) mass is 394 g/mol. The van der Waals surface area contributed by atoms with Gasteiger partial charge >= 0.3 is 0 Å². The molecule has 0 saturated carbocycles. The SMILES string of the molecule is Cc1ccc(S(=O)(=O)NCCN2C(=O)c3cc4ccccc4cc3C2=O)cc1. The van der Waals surface area contributed by atoms with Gasteiger partial charge in [0.2, 0.25) is 10.0 Å². The molecule has 0 bridgehead atoms. The third kappa shape index (κ3) is 3.19. The van der Waals surface area contributed by atoms with Crippen LogP contribution >= 0.6 is 0 Å². The number of rotatable bonds is 5. The Hall–Kier alpha value is -3.03. The number of aryl methyl sites for hydroxylation is 1. The number of imide groups is 1. The number of hydrogen-bond donors (Lipinski definition) is 1. The molecule has 6 nitrogen and oxygen atoms in total. The van der Waals surface area contributed by atoms with Crippen molar-refractivity contribution in [1.29, 1.82) is 0 Å². The summed E-state index contributed by atoms with van der Waals surface area (Å²) in [5.74, 6) is -0.805. The second kappa shape index (κ2) is 6.85. The highest BCUT2D eigenvalue weighted by molar-refractivity contribution is 7.89. The van der Waals surface area contributed by atoms with E-state index in [0.717, 1.165) is 21.2 Å². The Morgan fingerprint density at radius 2 is 1.39 bits per heavy atom. The van der Waals surface area contributed by atoms with Crippen molar-refractivity contribution < 1.29 is 18.0 Å². The molecule has 1 heterocycles. The van der Waals surface area contributed by atoms with Gasteiger partial charge in [-0.3, -0.25) is 14.5 Å². The Labute approximate surface area is 162 Å². The Bertz CT molecular complexity index is 1150. The summed E-state index contributed by atoms with van der Waals surface area (Å²) in [6.45, 7) is 1.78. The lowest BCUT2D eigenvalue weighted by Gasteiger charge is -2.14. The number of nitrogens with zero attached hydrogens (tertiary/aromatic N) is 1. The van der Waals surface area contributed by atoms with Gasteiger partial charge in [0.15, 0.2) is 0 Å². The van der Waals surface area contributed by atoms with Gasteiger partial charge in [-0.2, -0.15) is 0 Å². The number of fused-ring (bicyclic) bond motifs is 2. The minimum atomic E-state index is -3.70.